The zero-order valence-corrected chi connectivity index (χ0v) is 14.5. The fourth-order valence-corrected chi connectivity index (χ4v) is 5.00. The molecule has 0 spiro atoms. The lowest BCUT2D eigenvalue weighted by atomic mass is 9.50. The summed E-state index contributed by atoms with van der Waals surface area (Å²) in [6.07, 6.45) is 5.80. The Morgan fingerprint density at radius 3 is 2.83 bits per heavy atom. The van der Waals surface area contributed by atoms with Gasteiger partial charge in [0, 0.05) is 0 Å². The summed E-state index contributed by atoms with van der Waals surface area (Å²) in [5.41, 5.74) is 2.05. The predicted octanol–water partition coefficient (Wildman–Crippen LogP) is 4.57. The third-order valence-electron chi connectivity index (χ3n) is 6.29. The summed E-state index contributed by atoms with van der Waals surface area (Å²) >= 11 is 0. The molecule has 0 aromatic heterocycles. The molecule has 3 nitrogen and oxygen atoms in total. The minimum atomic E-state index is -0.629. The number of hydrogen-bond acceptors (Lipinski definition) is 2. The van der Waals surface area contributed by atoms with Crippen LogP contribution in [0.4, 0.5) is 0 Å². The Kier molecular flexibility index (Phi) is 4.16. The van der Waals surface area contributed by atoms with E-state index >= 15 is 0 Å². The molecular weight excluding hydrogens is 288 g/mol. The highest BCUT2D eigenvalue weighted by Crippen LogP contribution is 2.57. The van der Waals surface area contributed by atoms with E-state index in [-0.39, 0.29) is 11.3 Å². The van der Waals surface area contributed by atoms with Crippen molar-refractivity contribution >= 4 is 5.97 Å². The van der Waals surface area contributed by atoms with Gasteiger partial charge in [-0.3, -0.25) is 4.79 Å². The van der Waals surface area contributed by atoms with Gasteiger partial charge < -0.3 is 9.84 Å². The van der Waals surface area contributed by atoms with E-state index < -0.39 is 11.4 Å². The van der Waals surface area contributed by atoms with Crippen molar-refractivity contribution in [1.82, 2.24) is 0 Å². The van der Waals surface area contributed by atoms with Crippen LogP contribution in [-0.2, 0) is 16.6 Å². The minimum absolute atomic E-state index is 0.0510. The second-order valence-corrected chi connectivity index (χ2v) is 7.75. The van der Waals surface area contributed by atoms with Crippen molar-refractivity contribution in [2.24, 2.45) is 11.3 Å². The zero-order valence-electron chi connectivity index (χ0n) is 14.5. The maximum Gasteiger partial charge on any atom is 0.309 e. The van der Waals surface area contributed by atoms with E-state index in [0.717, 1.165) is 50.9 Å². The Morgan fingerprint density at radius 2 is 2.13 bits per heavy atom. The largest absolute Gasteiger partial charge is 0.494 e. The smallest absolute Gasteiger partial charge is 0.309 e. The minimum Gasteiger partial charge on any atom is -0.494 e. The van der Waals surface area contributed by atoms with Crippen LogP contribution in [0, 0.1) is 11.3 Å². The van der Waals surface area contributed by atoms with Gasteiger partial charge in [-0.25, -0.2) is 0 Å². The first kappa shape index (κ1) is 16.4. The Balaban J connectivity index is 2.02. The molecule has 1 saturated carbocycles. The molecule has 1 fully saturated rings. The number of benzene rings is 1. The predicted molar refractivity (Wildman–Crippen MR) is 91.0 cm³/mol. The summed E-state index contributed by atoms with van der Waals surface area (Å²) in [6.45, 7) is 7.07. The molecule has 0 aliphatic heterocycles. The van der Waals surface area contributed by atoms with Gasteiger partial charge in [-0.05, 0) is 73.6 Å². The van der Waals surface area contributed by atoms with Gasteiger partial charge in [0.1, 0.15) is 5.75 Å². The maximum absolute atomic E-state index is 12.0. The Morgan fingerprint density at radius 1 is 1.35 bits per heavy atom. The topological polar surface area (TPSA) is 46.5 Å². The van der Waals surface area contributed by atoms with Crippen molar-refractivity contribution in [3.63, 3.8) is 0 Å². The molecule has 1 N–H and O–H groups in total. The quantitative estimate of drug-likeness (QED) is 0.885. The average Bonchev–Trinajstić information content (AvgIpc) is 2.52. The maximum atomic E-state index is 12.0. The molecule has 23 heavy (non-hydrogen) atoms. The molecule has 3 rings (SSSR count). The molecule has 0 amide bonds. The third kappa shape index (κ3) is 2.54. The van der Waals surface area contributed by atoms with E-state index in [9.17, 15) is 9.90 Å². The number of ether oxygens (including phenoxy) is 1. The highest BCUT2D eigenvalue weighted by atomic mass is 16.5. The Bertz CT molecular complexity index is 609. The van der Waals surface area contributed by atoms with Crippen LogP contribution < -0.4 is 4.74 Å². The van der Waals surface area contributed by atoms with Crippen LogP contribution in [0.15, 0.2) is 18.2 Å². The van der Waals surface area contributed by atoms with Gasteiger partial charge in [-0.15, -0.1) is 0 Å². The number of rotatable bonds is 4. The molecule has 0 unspecified atom stereocenters. The van der Waals surface area contributed by atoms with Gasteiger partial charge in [0.15, 0.2) is 0 Å². The number of aryl methyl sites for hydroxylation is 1. The lowest BCUT2D eigenvalue weighted by molar-refractivity contribution is -0.157. The first-order valence-corrected chi connectivity index (χ1v) is 8.91. The van der Waals surface area contributed by atoms with E-state index in [1.54, 1.807) is 0 Å². The summed E-state index contributed by atoms with van der Waals surface area (Å²) in [5.74, 6) is 0.500. The van der Waals surface area contributed by atoms with Crippen molar-refractivity contribution < 1.29 is 14.6 Å². The van der Waals surface area contributed by atoms with Crippen molar-refractivity contribution in [1.29, 1.82) is 0 Å². The zero-order chi connectivity index (χ0) is 16.7. The molecule has 1 aromatic carbocycles. The van der Waals surface area contributed by atoms with Crippen molar-refractivity contribution in [2.75, 3.05) is 6.61 Å². The van der Waals surface area contributed by atoms with Gasteiger partial charge >= 0.3 is 5.97 Å². The molecule has 2 aliphatic carbocycles. The van der Waals surface area contributed by atoms with Gasteiger partial charge in [-0.1, -0.05) is 26.3 Å². The molecular formula is C20H28O3. The fraction of sp³-hybridized carbons (Fsp3) is 0.650. The number of aliphatic carboxylic acids is 1. The first-order chi connectivity index (χ1) is 10.9. The second kappa shape index (κ2) is 5.85. The number of hydrogen-bond donors (Lipinski definition) is 1. The van der Waals surface area contributed by atoms with Gasteiger partial charge in [0.25, 0.3) is 0 Å². The van der Waals surface area contributed by atoms with Gasteiger partial charge in [-0.2, -0.15) is 0 Å². The summed E-state index contributed by atoms with van der Waals surface area (Å²) in [6, 6.07) is 6.44. The molecule has 0 bridgehead atoms. The lowest BCUT2D eigenvalue weighted by Gasteiger charge is -2.53. The van der Waals surface area contributed by atoms with E-state index in [2.05, 4.69) is 32.0 Å². The Hall–Kier alpha value is -1.51. The van der Waals surface area contributed by atoms with Crippen LogP contribution in [0.1, 0.15) is 64.0 Å². The van der Waals surface area contributed by atoms with Crippen LogP contribution in [0.2, 0.25) is 0 Å². The molecule has 1 aromatic rings. The van der Waals surface area contributed by atoms with Gasteiger partial charge in [0.05, 0.1) is 12.0 Å². The van der Waals surface area contributed by atoms with Crippen LogP contribution >= 0.6 is 0 Å². The van der Waals surface area contributed by atoms with E-state index in [1.807, 2.05) is 6.92 Å². The van der Waals surface area contributed by atoms with Crippen LogP contribution in [-0.4, -0.2) is 17.7 Å². The van der Waals surface area contributed by atoms with Crippen LogP contribution in [0.25, 0.3) is 0 Å². The third-order valence-corrected chi connectivity index (χ3v) is 6.29. The molecule has 126 valence electrons. The average molecular weight is 316 g/mol. The monoisotopic (exact) mass is 316 g/mol. The molecule has 0 saturated heterocycles. The Labute approximate surface area is 139 Å². The number of carbonyl (C=O) groups is 1. The van der Waals surface area contributed by atoms with Crippen molar-refractivity contribution in [3.05, 3.63) is 29.3 Å². The van der Waals surface area contributed by atoms with Crippen molar-refractivity contribution in [3.8, 4) is 5.75 Å². The molecule has 3 heteroatoms. The standard InChI is InChI=1S/C20H28O3/c1-4-12-23-15-8-6-14-7-9-17-19(2,16(14)13-15)10-5-11-20(17,3)18(21)22/h6,8,13,17H,4-5,7,9-12H2,1-3H3,(H,21,22)/t17-,19-,20+/m1/s1. The summed E-state index contributed by atoms with van der Waals surface area (Å²) in [5, 5.41) is 9.84. The fourth-order valence-electron chi connectivity index (χ4n) is 5.00. The van der Waals surface area contributed by atoms with E-state index in [0.29, 0.717) is 0 Å². The van der Waals surface area contributed by atoms with E-state index in [4.69, 9.17) is 4.74 Å². The normalized spacial score (nSPS) is 32.7. The second-order valence-electron chi connectivity index (χ2n) is 7.75. The van der Waals surface area contributed by atoms with E-state index in [1.165, 1.54) is 11.1 Å². The van der Waals surface area contributed by atoms with Gasteiger partial charge in [0.2, 0.25) is 0 Å². The summed E-state index contributed by atoms with van der Waals surface area (Å²) in [4.78, 5) is 12.0. The molecule has 2 aliphatic rings. The number of fused-ring (bicyclic) bond motifs is 3. The highest BCUT2D eigenvalue weighted by molar-refractivity contribution is 5.75. The summed E-state index contributed by atoms with van der Waals surface area (Å²) < 4.78 is 5.83. The first-order valence-electron chi connectivity index (χ1n) is 8.91. The highest BCUT2D eigenvalue weighted by Gasteiger charge is 2.55. The van der Waals surface area contributed by atoms with Crippen LogP contribution in [0.3, 0.4) is 0 Å². The SMILES string of the molecule is CCCOc1ccc2c(c1)[C@@]1(C)CCC[C@](C)(C(=O)O)[C@@H]1CC2. The lowest BCUT2D eigenvalue weighted by Crippen LogP contribution is -2.52. The number of carboxylic acid groups (broad SMARTS) is 1. The summed E-state index contributed by atoms with van der Waals surface area (Å²) in [7, 11) is 0. The molecule has 3 atom stereocenters. The van der Waals surface area contributed by atoms with Crippen LogP contribution in [0.5, 0.6) is 5.75 Å². The van der Waals surface area contributed by atoms with Crippen molar-refractivity contribution in [2.45, 2.75) is 64.7 Å². The molecule has 0 radical (unpaired) electrons. The number of carboxylic acids is 1. The molecule has 0 heterocycles.